The minimum absolute atomic E-state index is 0. The van der Waals surface area contributed by atoms with Crippen molar-refractivity contribution in [1.82, 2.24) is 0 Å². The number of rotatable bonds is 0. The maximum Gasteiger partial charge on any atom is 2.00 e. The molecule has 66 valence electrons. The van der Waals surface area contributed by atoms with Crippen molar-refractivity contribution in [2.75, 3.05) is 0 Å². The molecule has 0 bridgehead atoms. The topological polar surface area (TPSA) is 0 Å². The van der Waals surface area contributed by atoms with Gasteiger partial charge in [0.15, 0.2) is 0 Å². The largest absolute Gasteiger partial charge is 2.00 e. The van der Waals surface area contributed by atoms with Crippen LogP contribution in [0.3, 0.4) is 0 Å². The molecule has 0 heterocycles. The fourth-order valence-electron chi connectivity index (χ4n) is 1.67. The molecule has 0 aromatic carbocycles. The van der Waals surface area contributed by atoms with E-state index in [9.17, 15) is 0 Å². The molecule has 0 unspecified atom stereocenters. The van der Waals surface area contributed by atoms with Crippen molar-refractivity contribution >= 4 is 23.1 Å². The van der Waals surface area contributed by atoms with Crippen LogP contribution in [0.2, 0.25) is 0 Å². The molecule has 0 aromatic heterocycles. The van der Waals surface area contributed by atoms with E-state index in [2.05, 4.69) is 27.7 Å². The zero-order chi connectivity index (χ0) is 7.78. The van der Waals surface area contributed by atoms with E-state index in [1.165, 1.54) is 30.4 Å². The van der Waals surface area contributed by atoms with Crippen molar-refractivity contribution in [2.45, 2.75) is 40.0 Å². The molecule has 1 aliphatic rings. The van der Waals surface area contributed by atoms with E-state index in [4.69, 9.17) is 0 Å². The third kappa shape index (κ3) is 3.31. The van der Waals surface area contributed by atoms with E-state index in [0.717, 1.165) is 0 Å². The Labute approximate surface area is 103 Å². The average Bonchev–Trinajstić information content (AvgIpc) is 1.83. The van der Waals surface area contributed by atoms with Gasteiger partial charge in [-0.1, -0.05) is 26.7 Å². The molecule has 0 fully saturated rings. The van der Waals surface area contributed by atoms with Gasteiger partial charge in [0.05, 0.1) is 0 Å². The first-order valence-electron chi connectivity index (χ1n) is 4.06. The van der Waals surface area contributed by atoms with Gasteiger partial charge in [0, 0.05) is 0 Å². The van der Waals surface area contributed by atoms with Gasteiger partial charge in [-0.3, -0.25) is 0 Å². The van der Waals surface area contributed by atoms with Crippen LogP contribution in [0.5, 0.6) is 0 Å². The van der Waals surface area contributed by atoms with Crippen LogP contribution >= 0.6 is 0 Å². The fourth-order valence-corrected chi connectivity index (χ4v) is 1.67. The monoisotopic (exact) mass is 240 g/mol. The maximum absolute atomic E-state index is 4.11. The van der Waals surface area contributed by atoms with Crippen LogP contribution in [-0.2, 0) is 0 Å². The molecule has 0 radical (unpaired) electrons. The molecule has 0 nitrogen and oxygen atoms in total. The summed E-state index contributed by atoms with van der Waals surface area (Å²) in [6.07, 6.45) is 3.92. The number of halogens is 1. The molecule has 0 spiro atoms. The van der Waals surface area contributed by atoms with Gasteiger partial charge in [-0.25, -0.2) is 18.1 Å². The Morgan fingerprint density at radius 2 is 1.83 bits per heavy atom. The van der Waals surface area contributed by atoms with E-state index in [0.29, 0.717) is 5.41 Å². The summed E-state index contributed by atoms with van der Waals surface area (Å²) < 4.78 is 0. The van der Waals surface area contributed by atoms with Crippen molar-refractivity contribution in [3.8, 4) is 0 Å². The molecule has 0 aromatic rings. The summed E-state index contributed by atoms with van der Waals surface area (Å²) in [5.41, 5.74) is 3.26. The zero-order valence-corrected chi connectivity index (χ0v) is 11.4. The van der Waals surface area contributed by atoms with Crippen molar-refractivity contribution in [2.24, 2.45) is 5.41 Å². The van der Waals surface area contributed by atoms with Gasteiger partial charge >= 0.3 is 23.1 Å². The van der Waals surface area contributed by atoms with Gasteiger partial charge in [-0.05, 0) is 11.8 Å². The third-order valence-corrected chi connectivity index (χ3v) is 2.69. The van der Waals surface area contributed by atoms with Crippen molar-refractivity contribution in [3.63, 3.8) is 0 Å². The van der Waals surface area contributed by atoms with Gasteiger partial charge in [0.2, 0.25) is 0 Å². The van der Waals surface area contributed by atoms with E-state index >= 15 is 0 Å². The van der Waals surface area contributed by atoms with Gasteiger partial charge < -0.3 is 17.0 Å². The summed E-state index contributed by atoms with van der Waals surface area (Å²) in [4.78, 5) is 0. The fraction of sp³-hybridized carbons (Fsp3) is 0.700. The van der Waals surface area contributed by atoms with Gasteiger partial charge in [-0.15, -0.1) is 6.92 Å². The zero-order valence-electron chi connectivity index (χ0n) is 8.41. The summed E-state index contributed by atoms with van der Waals surface area (Å²) in [5, 5.41) is 0. The maximum atomic E-state index is 4.11. The Morgan fingerprint density at radius 3 is 2.17 bits per heavy atom. The summed E-state index contributed by atoms with van der Waals surface area (Å²) in [7, 11) is 0. The quantitative estimate of drug-likeness (QED) is 0.413. The van der Waals surface area contributed by atoms with E-state index < -0.39 is 0 Å². The molecular formula is C10H17BrMg. The molecule has 0 amide bonds. The second-order valence-corrected chi connectivity index (χ2v) is 4.00. The first-order valence-corrected chi connectivity index (χ1v) is 4.06. The number of hydrogen-bond acceptors (Lipinski definition) is 0. The molecule has 2 heteroatoms. The van der Waals surface area contributed by atoms with E-state index in [1.807, 2.05) is 0 Å². The van der Waals surface area contributed by atoms with Crippen LogP contribution in [0.4, 0.5) is 0 Å². The Morgan fingerprint density at radius 1 is 1.33 bits per heavy atom. The number of hydrogen-bond donors (Lipinski definition) is 0. The SMILES string of the molecule is [Br-].[CH2-]C1=C(C)CCCC1(C)C.[Mg+2]. The van der Waals surface area contributed by atoms with Crippen LogP contribution in [0.1, 0.15) is 40.0 Å². The predicted molar refractivity (Wildman–Crippen MR) is 51.4 cm³/mol. The molecular weight excluding hydrogens is 224 g/mol. The van der Waals surface area contributed by atoms with Crippen LogP contribution in [-0.4, -0.2) is 23.1 Å². The van der Waals surface area contributed by atoms with Crippen LogP contribution in [0, 0.1) is 12.3 Å². The predicted octanol–water partition coefficient (Wildman–Crippen LogP) is -0.0297. The Bertz CT molecular complexity index is 171. The van der Waals surface area contributed by atoms with Crippen LogP contribution in [0.15, 0.2) is 11.1 Å². The molecule has 1 rings (SSSR count). The summed E-state index contributed by atoms with van der Waals surface area (Å²) in [6.45, 7) is 10.9. The molecule has 1 aliphatic carbocycles. The summed E-state index contributed by atoms with van der Waals surface area (Å²) in [6, 6.07) is 0. The van der Waals surface area contributed by atoms with Gasteiger partial charge in [0.1, 0.15) is 0 Å². The normalized spacial score (nSPS) is 20.9. The second kappa shape index (κ2) is 5.56. The Kier molecular flexibility index (Phi) is 7.10. The first-order chi connectivity index (χ1) is 4.54. The third-order valence-electron chi connectivity index (χ3n) is 2.69. The molecule has 0 saturated carbocycles. The second-order valence-electron chi connectivity index (χ2n) is 4.00. The van der Waals surface area contributed by atoms with Crippen molar-refractivity contribution in [1.29, 1.82) is 0 Å². The smallest absolute Gasteiger partial charge is 1.00 e. The van der Waals surface area contributed by atoms with Crippen molar-refractivity contribution in [3.05, 3.63) is 18.1 Å². The standard InChI is InChI=1S/C10H17.BrH.Mg/c1-8-6-5-7-10(3,4)9(8)2;;/h2,5-7H2,1,3-4H3;1H;/q-1;;+2/p-1. The van der Waals surface area contributed by atoms with Crippen LogP contribution in [0.25, 0.3) is 0 Å². The minimum Gasteiger partial charge on any atom is -1.00 e. The first kappa shape index (κ1) is 15.3. The molecule has 0 aliphatic heterocycles. The molecule has 0 N–H and O–H groups in total. The minimum atomic E-state index is 0. The van der Waals surface area contributed by atoms with Crippen LogP contribution < -0.4 is 17.0 Å². The van der Waals surface area contributed by atoms with E-state index in [-0.39, 0.29) is 40.0 Å². The number of allylic oxidation sites excluding steroid dienone is 2. The molecule has 0 saturated heterocycles. The average molecular weight is 241 g/mol. The van der Waals surface area contributed by atoms with E-state index in [1.54, 1.807) is 0 Å². The molecule has 0 atom stereocenters. The molecule has 12 heavy (non-hydrogen) atoms. The summed E-state index contributed by atoms with van der Waals surface area (Å²) in [5.74, 6) is 0. The summed E-state index contributed by atoms with van der Waals surface area (Å²) >= 11 is 0. The Balaban J connectivity index is 0. The Hall–Kier alpha value is 0.856. The van der Waals surface area contributed by atoms with Gasteiger partial charge in [-0.2, -0.15) is 0 Å². The van der Waals surface area contributed by atoms with Crippen molar-refractivity contribution < 1.29 is 17.0 Å². The van der Waals surface area contributed by atoms with Gasteiger partial charge in [0.25, 0.3) is 0 Å².